The lowest BCUT2D eigenvalue weighted by atomic mass is 9.74. The lowest BCUT2D eigenvalue weighted by molar-refractivity contribution is 0.190. The number of benzene rings is 1. The minimum Gasteiger partial charge on any atom is -0.494 e. The van der Waals surface area contributed by atoms with Crippen LogP contribution in [0.15, 0.2) is 42.6 Å². The van der Waals surface area contributed by atoms with E-state index in [-0.39, 0.29) is 0 Å². The number of hydrogen-bond donors (Lipinski definition) is 0. The van der Waals surface area contributed by atoms with Crippen LogP contribution in [0, 0.1) is 17.8 Å². The standard InChI is InChI=1S/C33H51NO/c1-4-6-7-15-29-16-10-11-17-30(29)18-12-25-35-32-22-20-31(21-23-32)33-24-19-28(26-34-33)14-9-8-13-27(3)5-2/h19-24,26-27,29-30H,4-18,25H2,1-3H3/t27-,29?,30?/m0/s1. The zero-order valence-corrected chi connectivity index (χ0v) is 22.9. The number of rotatable bonds is 16. The van der Waals surface area contributed by atoms with E-state index in [2.05, 4.69) is 63.4 Å². The van der Waals surface area contributed by atoms with Crippen LogP contribution in [-0.2, 0) is 6.42 Å². The molecule has 0 bridgehead atoms. The Kier molecular flexibility index (Phi) is 12.7. The van der Waals surface area contributed by atoms with E-state index in [4.69, 9.17) is 9.72 Å². The van der Waals surface area contributed by atoms with Gasteiger partial charge in [-0.05, 0) is 79.3 Å². The largest absolute Gasteiger partial charge is 0.494 e. The molecule has 35 heavy (non-hydrogen) atoms. The number of aromatic nitrogens is 1. The van der Waals surface area contributed by atoms with Gasteiger partial charge in [-0.15, -0.1) is 0 Å². The Morgan fingerprint density at radius 2 is 1.60 bits per heavy atom. The Bertz CT molecular complexity index is 797. The topological polar surface area (TPSA) is 22.1 Å². The highest BCUT2D eigenvalue weighted by molar-refractivity contribution is 5.60. The normalized spacial score (nSPS) is 18.9. The third-order valence-electron chi connectivity index (χ3n) is 8.32. The summed E-state index contributed by atoms with van der Waals surface area (Å²) in [5.41, 5.74) is 3.56. The molecule has 0 saturated heterocycles. The van der Waals surface area contributed by atoms with E-state index < -0.39 is 0 Å². The van der Waals surface area contributed by atoms with E-state index in [0.717, 1.165) is 47.8 Å². The molecule has 1 aliphatic rings. The van der Waals surface area contributed by atoms with Crippen LogP contribution in [0.2, 0.25) is 0 Å². The smallest absolute Gasteiger partial charge is 0.119 e. The van der Waals surface area contributed by atoms with Crippen molar-refractivity contribution in [1.82, 2.24) is 4.98 Å². The van der Waals surface area contributed by atoms with Crippen LogP contribution in [0.1, 0.15) is 116 Å². The van der Waals surface area contributed by atoms with Crippen LogP contribution >= 0.6 is 0 Å². The molecule has 0 N–H and O–H groups in total. The SMILES string of the molecule is CCCCCC1CCCCC1CCCOc1ccc(-c2ccc(CCCC[C@@H](C)CC)cn2)cc1. The Hall–Kier alpha value is -1.83. The highest BCUT2D eigenvalue weighted by Gasteiger charge is 2.24. The number of pyridine rings is 1. The Morgan fingerprint density at radius 3 is 2.26 bits per heavy atom. The zero-order valence-electron chi connectivity index (χ0n) is 22.9. The van der Waals surface area contributed by atoms with Gasteiger partial charge in [0.05, 0.1) is 12.3 Å². The van der Waals surface area contributed by atoms with Gasteiger partial charge in [0.25, 0.3) is 0 Å². The number of unbranched alkanes of at least 4 members (excludes halogenated alkanes) is 3. The fourth-order valence-corrected chi connectivity index (χ4v) is 5.73. The summed E-state index contributed by atoms with van der Waals surface area (Å²) in [6.07, 6.45) is 22.3. The average molecular weight is 478 g/mol. The first-order valence-corrected chi connectivity index (χ1v) is 14.9. The monoisotopic (exact) mass is 477 g/mol. The fraction of sp³-hybridized carbons (Fsp3) is 0.667. The lowest BCUT2D eigenvalue weighted by Gasteiger charge is -2.31. The van der Waals surface area contributed by atoms with Crippen LogP contribution in [0.4, 0.5) is 0 Å². The van der Waals surface area contributed by atoms with Gasteiger partial charge in [-0.1, -0.05) is 97.5 Å². The predicted octanol–water partition coefficient (Wildman–Crippen LogP) is 10.1. The van der Waals surface area contributed by atoms with E-state index in [1.54, 1.807) is 0 Å². The van der Waals surface area contributed by atoms with Crippen LogP contribution < -0.4 is 4.74 Å². The first-order valence-electron chi connectivity index (χ1n) is 14.9. The van der Waals surface area contributed by atoms with E-state index in [1.165, 1.54) is 95.5 Å². The Balaban J connectivity index is 1.37. The van der Waals surface area contributed by atoms with Crippen LogP contribution in [0.5, 0.6) is 5.75 Å². The molecule has 1 saturated carbocycles. The van der Waals surface area contributed by atoms with Crippen LogP contribution in [0.25, 0.3) is 11.3 Å². The molecule has 0 aliphatic heterocycles. The summed E-state index contributed by atoms with van der Waals surface area (Å²) in [7, 11) is 0. The fourth-order valence-electron chi connectivity index (χ4n) is 5.73. The van der Waals surface area contributed by atoms with Crippen LogP contribution in [0.3, 0.4) is 0 Å². The number of aryl methyl sites for hydroxylation is 1. The molecule has 2 unspecified atom stereocenters. The summed E-state index contributed by atoms with van der Waals surface area (Å²) in [6.45, 7) is 7.79. The van der Waals surface area contributed by atoms with Gasteiger partial charge < -0.3 is 4.74 Å². The van der Waals surface area contributed by atoms with Crippen molar-refractivity contribution in [3.63, 3.8) is 0 Å². The van der Waals surface area contributed by atoms with Crippen molar-refractivity contribution in [2.45, 2.75) is 117 Å². The summed E-state index contributed by atoms with van der Waals surface area (Å²) in [5, 5.41) is 0. The third-order valence-corrected chi connectivity index (χ3v) is 8.32. The molecule has 2 nitrogen and oxygen atoms in total. The second-order valence-corrected chi connectivity index (χ2v) is 11.1. The van der Waals surface area contributed by atoms with Crippen molar-refractivity contribution in [1.29, 1.82) is 0 Å². The number of hydrogen-bond acceptors (Lipinski definition) is 2. The summed E-state index contributed by atoms with van der Waals surface area (Å²) < 4.78 is 6.10. The molecule has 2 aromatic rings. The molecule has 3 rings (SSSR count). The maximum Gasteiger partial charge on any atom is 0.119 e. The minimum absolute atomic E-state index is 0.835. The molecule has 0 spiro atoms. The summed E-state index contributed by atoms with van der Waals surface area (Å²) in [6, 6.07) is 12.9. The number of nitrogens with zero attached hydrogens (tertiary/aromatic N) is 1. The first kappa shape index (κ1) is 27.8. The molecule has 0 amide bonds. The van der Waals surface area contributed by atoms with E-state index in [0.29, 0.717) is 0 Å². The van der Waals surface area contributed by atoms with Crippen LogP contribution in [-0.4, -0.2) is 11.6 Å². The highest BCUT2D eigenvalue weighted by atomic mass is 16.5. The summed E-state index contributed by atoms with van der Waals surface area (Å²) in [4.78, 5) is 4.73. The Morgan fingerprint density at radius 1 is 0.857 bits per heavy atom. The van der Waals surface area contributed by atoms with Gasteiger partial charge >= 0.3 is 0 Å². The van der Waals surface area contributed by atoms with Gasteiger partial charge in [0, 0.05) is 11.8 Å². The minimum atomic E-state index is 0.835. The lowest BCUT2D eigenvalue weighted by Crippen LogP contribution is -2.20. The van der Waals surface area contributed by atoms with Gasteiger partial charge in [0.1, 0.15) is 5.75 Å². The Labute approximate surface area is 216 Å². The van der Waals surface area contributed by atoms with E-state index >= 15 is 0 Å². The zero-order chi connectivity index (χ0) is 24.7. The van der Waals surface area contributed by atoms with E-state index in [9.17, 15) is 0 Å². The van der Waals surface area contributed by atoms with E-state index in [1.807, 2.05) is 0 Å². The second-order valence-electron chi connectivity index (χ2n) is 11.1. The molecule has 3 atom stereocenters. The van der Waals surface area contributed by atoms with Gasteiger partial charge in [-0.2, -0.15) is 0 Å². The maximum absolute atomic E-state index is 6.10. The van der Waals surface area contributed by atoms with Gasteiger partial charge in [-0.3, -0.25) is 4.98 Å². The molecule has 1 aliphatic carbocycles. The van der Waals surface area contributed by atoms with Crippen molar-refractivity contribution in [3.8, 4) is 17.0 Å². The average Bonchev–Trinajstić information content (AvgIpc) is 2.90. The maximum atomic E-state index is 6.10. The molecule has 0 radical (unpaired) electrons. The summed E-state index contributed by atoms with van der Waals surface area (Å²) >= 11 is 0. The van der Waals surface area contributed by atoms with Gasteiger partial charge in [0.2, 0.25) is 0 Å². The van der Waals surface area contributed by atoms with Crippen molar-refractivity contribution in [2.24, 2.45) is 17.8 Å². The predicted molar refractivity (Wildman–Crippen MR) is 151 cm³/mol. The van der Waals surface area contributed by atoms with Gasteiger partial charge in [0.15, 0.2) is 0 Å². The van der Waals surface area contributed by atoms with Crippen molar-refractivity contribution in [3.05, 3.63) is 48.2 Å². The highest BCUT2D eigenvalue weighted by Crippen LogP contribution is 2.36. The number of ether oxygens (including phenoxy) is 1. The molecule has 1 fully saturated rings. The molecular formula is C33H51NO. The molecule has 1 aromatic carbocycles. The molecule has 1 aromatic heterocycles. The van der Waals surface area contributed by atoms with Crippen molar-refractivity contribution >= 4 is 0 Å². The molecule has 2 heteroatoms. The molecule has 194 valence electrons. The van der Waals surface area contributed by atoms with Gasteiger partial charge in [-0.25, -0.2) is 0 Å². The third kappa shape index (κ3) is 9.98. The quantitative estimate of drug-likeness (QED) is 0.224. The molecule has 1 heterocycles. The molecular weight excluding hydrogens is 426 g/mol. The van der Waals surface area contributed by atoms with Crippen molar-refractivity contribution < 1.29 is 4.74 Å². The summed E-state index contributed by atoms with van der Waals surface area (Å²) in [5.74, 6) is 3.74. The first-order chi connectivity index (χ1) is 17.2. The second kappa shape index (κ2) is 16.0. The van der Waals surface area contributed by atoms with Crippen molar-refractivity contribution in [2.75, 3.05) is 6.61 Å².